The normalized spacial score (nSPS) is 18.1. The summed E-state index contributed by atoms with van der Waals surface area (Å²) in [6.07, 6.45) is 2.97. The molecular formula is C28H36ClN3O4. The van der Waals surface area contributed by atoms with Crippen LogP contribution >= 0.6 is 11.6 Å². The van der Waals surface area contributed by atoms with Crippen LogP contribution in [0.2, 0.25) is 5.02 Å². The molecule has 2 saturated heterocycles. The van der Waals surface area contributed by atoms with Gasteiger partial charge in [-0.1, -0.05) is 23.7 Å². The maximum absolute atomic E-state index is 12.9. The van der Waals surface area contributed by atoms with Crippen molar-refractivity contribution in [2.24, 2.45) is 11.8 Å². The minimum absolute atomic E-state index is 0.0916. The number of methoxy groups -OCH3 is 1. The zero-order valence-electron chi connectivity index (χ0n) is 21.3. The molecule has 0 bridgehead atoms. The van der Waals surface area contributed by atoms with E-state index in [0.717, 1.165) is 44.5 Å². The van der Waals surface area contributed by atoms with Crippen LogP contribution in [0.3, 0.4) is 0 Å². The molecule has 0 radical (unpaired) electrons. The van der Waals surface area contributed by atoms with Gasteiger partial charge in [0.25, 0.3) is 11.8 Å². The van der Waals surface area contributed by atoms with Gasteiger partial charge in [-0.2, -0.15) is 0 Å². The van der Waals surface area contributed by atoms with Crippen LogP contribution in [0.4, 0.5) is 5.69 Å². The molecule has 0 aromatic heterocycles. The molecule has 2 aliphatic rings. The number of halogens is 1. The molecule has 2 fully saturated rings. The van der Waals surface area contributed by atoms with Crippen molar-refractivity contribution in [1.29, 1.82) is 0 Å². The molecule has 0 spiro atoms. The summed E-state index contributed by atoms with van der Waals surface area (Å²) >= 11 is 6.42. The van der Waals surface area contributed by atoms with Crippen LogP contribution in [-0.4, -0.2) is 74.1 Å². The summed E-state index contributed by atoms with van der Waals surface area (Å²) in [6, 6.07) is 12.8. The second-order valence-electron chi connectivity index (χ2n) is 10.0. The Hall–Kier alpha value is -2.77. The quantitative estimate of drug-likeness (QED) is 0.625. The van der Waals surface area contributed by atoms with E-state index in [2.05, 4.69) is 4.90 Å². The van der Waals surface area contributed by atoms with Crippen LogP contribution in [0.1, 0.15) is 47.7 Å². The highest BCUT2D eigenvalue weighted by molar-refractivity contribution is 6.34. The van der Waals surface area contributed by atoms with E-state index in [4.69, 9.17) is 16.3 Å². The Morgan fingerprint density at radius 3 is 2.22 bits per heavy atom. The van der Waals surface area contributed by atoms with E-state index in [0.29, 0.717) is 46.8 Å². The van der Waals surface area contributed by atoms with Gasteiger partial charge in [-0.05, 0) is 73.4 Å². The molecule has 8 heteroatoms. The first-order valence-electron chi connectivity index (χ1n) is 12.7. The number of likely N-dealkylation sites (tertiary alicyclic amines) is 1. The Morgan fingerprint density at radius 1 is 1.00 bits per heavy atom. The van der Waals surface area contributed by atoms with Crippen LogP contribution < -0.4 is 9.64 Å². The fourth-order valence-corrected chi connectivity index (χ4v) is 5.72. The van der Waals surface area contributed by atoms with Gasteiger partial charge < -0.3 is 24.5 Å². The Kier molecular flexibility index (Phi) is 8.42. The molecule has 1 unspecified atom stereocenters. The topological polar surface area (TPSA) is 73.3 Å². The Bertz CT molecular complexity index is 1080. The highest BCUT2D eigenvalue weighted by Crippen LogP contribution is 2.35. The molecule has 2 aromatic carbocycles. The zero-order valence-corrected chi connectivity index (χ0v) is 22.1. The fraction of sp³-hybridized carbons (Fsp3) is 0.500. The molecular weight excluding hydrogens is 478 g/mol. The van der Waals surface area contributed by atoms with E-state index in [1.807, 2.05) is 18.2 Å². The highest BCUT2D eigenvalue weighted by atomic mass is 35.5. The summed E-state index contributed by atoms with van der Waals surface area (Å²) in [7, 11) is 5.02. The fourth-order valence-electron chi connectivity index (χ4n) is 5.46. The van der Waals surface area contributed by atoms with Crippen LogP contribution in [0.25, 0.3) is 0 Å². The van der Waals surface area contributed by atoms with Gasteiger partial charge in [0.15, 0.2) is 6.10 Å². The lowest BCUT2D eigenvalue weighted by atomic mass is 9.78. The van der Waals surface area contributed by atoms with E-state index < -0.39 is 6.10 Å². The minimum Gasteiger partial charge on any atom is -0.497 e. The maximum Gasteiger partial charge on any atom is 0.256 e. The van der Waals surface area contributed by atoms with Crippen molar-refractivity contribution in [1.82, 2.24) is 9.80 Å². The molecule has 2 aliphatic heterocycles. The van der Waals surface area contributed by atoms with Gasteiger partial charge in [0.2, 0.25) is 0 Å². The van der Waals surface area contributed by atoms with Crippen LogP contribution in [0.5, 0.6) is 5.75 Å². The third-order valence-corrected chi connectivity index (χ3v) is 7.97. The SMILES string of the molecule is COc1cccc(C(O)C(=O)N2CCC(C3CCN(c4ccc(C(=O)N(C)C)c(Cl)c4)CC3)CC2)c1. The van der Waals surface area contributed by atoms with Crippen molar-refractivity contribution in [2.45, 2.75) is 31.8 Å². The molecule has 7 nitrogen and oxygen atoms in total. The van der Waals surface area contributed by atoms with Crippen LogP contribution in [0.15, 0.2) is 42.5 Å². The molecule has 2 heterocycles. The second kappa shape index (κ2) is 11.5. The van der Waals surface area contributed by atoms with Crippen molar-refractivity contribution < 1.29 is 19.4 Å². The molecule has 1 atom stereocenters. The average Bonchev–Trinajstić information content (AvgIpc) is 2.92. The predicted octanol–water partition coefficient (Wildman–Crippen LogP) is 4.24. The number of aliphatic hydroxyl groups is 1. The highest BCUT2D eigenvalue weighted by Gasteiger charge is 2.33. The summed E-state index contributed by atoms with van der Waals surface area (Å²) in [5.74, 6) is 1.53. The smallest absolute Gasteiger partial charge is 0.256 e. The van der Waals surface area contributed by atoms with Gasteiger partial charge in [0, 0.05) is 46.0 Å². The van der Waals surface area contributed by atoms with Crippen molar-refractivity contribution in [3.05, 3.63) is 58.6 Å². The summed E-state index contributed by atoms with van der Waals surface area (Å²) < 4.78 is 5.21. The molecule has 0 aliphatic carbocycles. The van der Waals surface area contributed by atoms with Gasteiger partial charge in [0.1, 0.15) is 5.75 Å². The van der Waals surface area contributed by atoms with Crippen molar-refractivity contribution in [3.8, 4) is 5.75 Å². The number of hydrogen-bond acceptors (Lipinski definition) is 5. The standard InChI is InChI=1S/C28H36ClN3O4/c1-30(2)27(34)24-8-7-22(18-25(24)29)31-13-9-19(10-14-31)20-11-15-32(16-12-20)28(35)26(33)21-5-4-6-23(17-21)36-3/h4-8,17-20,26,33H,9-16H2,1-3H3. The lowest BCUT2D eigenvalue weighted by Crippen LogP contribution is -2.44. The number of carbonyl (C=O) groups is 2. The van der Waals surface area contributed by atoms with Gasteiger partial charge >= 0.3 is 0 Å². The summed E-state index contributed by atoms with van der Waals surface area (Å²) in [5.41, 5.74) is 2.15. The second-order valence-corrected chi connectivity index (χ2v) is 10.4. The first-order chi connectivity index (χ1) is 17.3. The Balaban J connectivity index is 1.27. The van der Waals surface area contributed by atoms with Crippen LogP contribution in [0, 0.1) is 11.8 Å². The van der Waals surface area contributed by atoms with Gasteiger partial charge in [0.05, 0.1) is 17.7 Å². The van der Waals surface area contributed by atoms with Gasteiger partial charge in [-0.3, -0.25) is 9.59 Å². The number of hydrogen-bond donors (Lipinski definition) is 1. The van der Waals surface area contributed by atoms with Crippen molar-refractivity contribution in [2.75, 3.05) is 52.3 Å². The third-order valence-electron chi connectivity index (χ3n) is 7.66. The van der Waals surface area contributed by atoms with E-state index in [1.165, 1.54) is 4.90 Å². The average molecular weight is 514 g/mol. The van der Waals surface area contributed by atoms with E-state index >= 15 is 0 Å². The predicted molar refractivity (Wildman–Crippen MR) is 142 cm³/mol. The van der Waals surface area contributed by atoms with Gasteiger partial charge in [-0.25, -0.2) is 0 Å². The number of aliphatic hydroxyl groups excluding tert-OH is 1. The lowest BCUT2D eigenvalue weighted by molar-refractivity contribution is -0.142. The lowest BCUT2D eigenvalue weighted by Gasteiger charge is -2.41. The molecule has 0 saturated carbocycles. The number of anilines is 1. The van der Waals surface area contributed by atoms with Crippen molar-refractivity contribution in [3.63, 3.8) is 0 Å². The third kappa shape index (κ3) is 5.79. The number of benzene rings is 2. The van der Waals surface area contributed by atoms with Crippen molar-refractivity contribution >= 4 is 29.1 Å². The van der Waals surface area contributed by atoms with E-state index in [1.54, 1.807) is 50.4 Å². The zero-order chi connectivity index (χ0) is 25.8. The first kappa shape index (κ1) is 26.3. The number of amides is 2. The molecule has 2 aromatic rings. The summed E-state index contributed by atoms with van der Waals surface area (Å²) in [4.78, 5) is 30.8. The van der Waals surface area contributed by atoms with Crippen LogP contribution in [-0.2, 0) is 4.79 Å². The van der Waals surface area contributed by atoms with Gasteiger partial charge in [-0.15, -0.1) is 0 Å². The summed E-state index contributed by atoms with van der Waals surface area (Å²) in [5, 5.41) is 11.1. The number of ether oxygens (including phenoxy) is 1. The number of carbonyl (C=O) groups excluding carboxylic acids is 2. The first-order valence-corrected chi connectivity index (χ1v) is 13.0. The Labute approximate surface area is 218 Å². The number of piperidine rings is 2. The van der Waals surface area contributed by atoms with E-state index in [-0.39, 0.29) is 11.8 Å². The van der Waals surface area contributed by atoms with E-state index in [9.17, 15) is 14.7 Å². The Morgan fingerprint density at radius 2 is 1.64 bits per heavy atom. The number of rotatable bonds is 6. The number of nitrogens with zero attached hydrogens (tertiary/aromatic N) is 3. The molecule has 2 amide bonds. The molecule has 36 heavy (non-hydrogen) atoms. The molecule has 1 N–H and O–H groups in total. The summed E-state index contributed by atoms with van der Waals surface area (Å²) in [6.45, 7) is 3.27. The minimum atomic E-state index is -1.16. The monoisotopic (exact) mass is 513 g/mol. The molecule has 194 valence electrons. The largest absolute Gasteiger partial charge is 0.497 e. The maximum atomic E-state index is 12.9. The molecule has 4 rings (SSSR count).